The Kier molecular flexibility index (Phi) is 15.6. The number of Topliss-reactive ketones (excluding diaryl/α,β-unsaturated/α-hetero) is 1. The fraction of sp³-hybridized carbons (Fsp3) is 0.500. The van der Waals surface area contributed by atoms with Crippen molar-refractivity contribution in [2.45, 2.75) is 133 Å². The molecule has 0 radical (unpaired) electrons. The van der Waals surface area contributed by atoms with Crippen molar-refractivity contribution in [2.24, 2.45) is 16.7 Å². The van der Waals surface area contributed by atoms with E-state index in [4.69, 9.17) is 37.9 Å². The number of fused-ring (bicyclic) bond motifs is 5. The molecule has 2 bridgehead atoms. The molecule has 2 heterocycles. The maximum atomic E-state index is 16.2. The van der Waals surface area contributed by atoms with Crippen LogP contribution in [0, 0.1) is 16.7 Å². The lowest BCUT2D eigenvalue weighted by Gasteiger charge is -2.67. The Labute approximate surface area is 431 Å². The smallest absolute Gasteiger partial charge is 0.338 e. The molecule has 8 rings (SSSR count). The number of carbonyl (C=O) groups is 7. The van der Waals surface area contributed by atoms with Crippen molar-refractivity contribution in [3.8, 4) is 0 Å². The molecule has 1 unspecified atom stereocenters. The highest BCUT2D eigenvalue weighted by Gasteiger charge is 2.79. The summed E-state index contributed by atoms with van der Waals surface area (Å²) in [7, 11) is 0. The van der Waals surface area contributed by atoms with Gasteiger partial charge in [0, 0.05) is 37.7 Å². The van der Waals surface area contributed by atoms with Crippen LogP contribution in [0.15, 0.2) is 102 Å². The molecule has 21 heteroatoms. The quantitative estimate of drug-likeness (QED) is 0.0761. The second-order valence-electron chi connectivity index (χ2n) is 20.4. The predicted octanol–water partition coefficient (Wildman–Crippen LogP) is 1.74. The minimum atomic E-state index is -2.56. The van der Waals surface area contributed by atoms with Gasteiger partial charge < -0.3 is 68.7 Å². The largest absolute Gasteiger partial charge is 0.459 e. The Morgan fingerprint density at radius 2 is 1.40 bits per heavy atom. The molecule has 2 saturated carbocycles. The zero-order valence-electron chi connectivity index (χ0n) is 42.0. The van der Waals surface area contributed by atoms with Crippen LogP contribution in [-0.4, -0.2) is 159 Å². The fourth-order valence-electron chi connectivity index (χ4n) is 11.6. The number of rotatable bonds is 14. The summed E-state index contributed by atoms with van der Waals surface area (Å²) in [5, 5.41) is 59.4. The minimum Gasteiger partial charge on any atom is -0.459 e. The second-order valence-corrected chi connectivity index (χ2v) is 20.4. The number of aliphatic hydroxyl groups is 5. The third kappa shape index (κ3) is 9.99. The van der Waals surface area contributed by atoms with E-state index in [9.17, 15) is 54.3 Å². The van der Waals surface area contributed by atoms with Gasteiger partial charge >= 0.3 is 29.8 Å². The number of ketones is 1. The number of nitrogens with one attached hydrogen (secondary N) is 1. The Balaban J connectivity index is 1.26. The zero-order valence-corrected chi connectivity index (χ0v) is 42.0. The Morgan fingerprint density at radius 3 is 1.99 bits per heavy atom. The number of benzene rings is 3. The van der Waals surface area contributed by atoms with Gasteiger partial charge in [-0.05, 0) is 54.8 Å². The third-order valence-corrected chi connectivity index (χ3v) is 15.5. The molecule has 2 saturated heterocycles. The molecular weight excluding hydrogens is 983 g/mol. The molecule has 75 heavy (non-hydrogen) atoms. The van der Waals surface area contributed by atoms with Crippen LogP contribution in [-0.2, 0) is 61.9 Å². The van der Waals surface area contributed by atoms with Crippen molar-refractivity contribution in [2.75, 3.05) is 19.8 Å². The first-order valence-corrected chi connectivity index (χ1v) is 24.4. The van der Waals surface area contributed by atoms with Gasteiger partial charge in [-0.3, -0.25) is 19.2 Å². The number of hydrogen-bond donors (Lipinski definition) is 6. The van der Waals surface area contributed by atoms with Crippen molar-refractivity contribution in [1.29, 1.82) is 0 Å². The molecular formula is C54H61NO20. The van der Waals surface area contributed by atoms with E-state index in [0.29, 0.717) is 5.56 Å². The predicted molar refractivity (Wildman–Crippen MR) is 255 cm³/mol. The number of ether oxygens (including phenoxy) is 8. The molecule has 3 aliphatic carbocycles. The van der Waals surface area contributed by atoms with E-state index in [2.05, 4.69) is 5.32 Å². The molecule has 3 aromatic carbocycles. The van der Waals surface area contributed by atoms with Gasteiger partial charge in [0.15, 0.2) is 29.9 Å². The summed E-state index contributed by atoms with van der Waals surface area (Å²) in [6, 6.07) is 22.4. The van der Waals surface area contributed by atoms with Gasteiger partial charge in [0.25, 0.3) is 5.91 Å². The number of aliphatic hydroxyl groups excluding tert-OH is 4. The van der Waals surface area contributed by atoms with E-state index in [-0.39, 0.29) is 28.7 Å². The van der Waals surface area contributed by atoms with Crippen molar-refractivity contribution < 1.29 is 97.0 Å². The monoisotopic (exact) mass is 1040 g/mol. The summed E-state index contributed by atoms with van der Waals surface area (Å²) < 4.78 is 47.7. The fourth-order valence-corrected chi connectivity index (χ4v) is 11.6. The molecule has 0 aromatic heterocycles. The lowest BCUT2D eigenvalue weighted by atomic mass is 9.44. The first-order valence-electron chi connectivity index (χ1n) is 24.4. The van der Waals surface area contributed by atoms with Gasteiger partial charge in [-0.15, -0.1) is 0 Å². The highest BCUT2D eigenvalue weighted by atomic mass is 16.7. The van der Waals surface area contributed by atoms with Gasteiger partial charge in [0.2, 0.25) is 0 Å². The van der Waals surface area contributed by atoms with E-state index in [1.54, 1.807) is 66.7 Å². The molecule has 6 N–H and O–H groups in total. The lowest BCUT2D eigenvalue weighted by Crippen LogP contribution is -2.82. The van der Waals surface area contributed by atoms with Gasteiger partial charge in [-0.1, -0.05) is 80.6 Å². The summed E-state index contributed by atoms with van der Waals surface area (Å²) >= 11 is 0. The average Bonchev–Trinajstić information content (AvgIpc) is 3.37. The van der Waals surface area contributed by atoms with Gasteiger partial charge in [-0.2, -0.15) is 0 Å². The molecule has 0 spiro atoms. The summed E-state index contributed by atoms with van der Waals surface area (Å²) in [5.74, 6) is -8.77. The van der Waals surface area contributed by atoms with E-state index in [0.717, 1.165) is 13.8 Å². The van der Waals surface area contributed by atoms with Crippen LogP contribution >= 0.6 is 0 Å². The summed E-state index contributed by atoms with van der Waals surface area (Å²) in [4.78, 5) is 99.7. The first kappa shape index (κ1) is 54.8. The lowest BCUT2D eigenvalue weighted by molar-refractivity contribution is -0.346. The van der Waals surface area contributed by atoms with E-state index in [1.807, 2.05) is 0 Å². The third-order valence-electron chi connectivity index (χ3n) is 15.5. The SMILES string of the molecule is CC(=O)O[C@H]1C(=O)[C@]2(C)[C@@H](OC(=O)COC3OC[C@@H](O)[C@H](O)[C@H]3O)C[C@H]3OC[C@@]3(OC(C)=O)[C@H]2[C@H](OC(=O)c2ccccc2)[C@]2(O)C[C@H](OC(=O)[C@H](O)[C@@H](NC(=O)c3ccccc3)c3ccccc3)C(C)=C1C2(C)C. The Morgan fingerprint density at radius 1 is 0.787 bits per heavy atom. The van der Waals surface area contributed by atoms with Gasteiger partial charge in [0.05, 0.1) is 36.2 Å². The highest BCUT2D eigenvalue weighted by molar-refractivity contribution is 5.96. The first-order chi connectivity index (χ1) is 35.5. The normalized spacial score (nSPS) is 33.5. The van der Waals surface area contributed by atoms with Crippen molar-refractivity contribution in [1.82, 2.24) is 5.32 Å². The molecule has 3 aromatic rings. The molecule has 5 aliphatic rings. The number of hydrogen-bond acceptors (Lipinski definition) is 20. The van der Waals surface area contributed by atoms with Crippen LogP contribution in [0.1, 0.15) is 86.7 Å². The highest BCUT2D eigenvalue weighted by Crippen LogP contribution is 2.65. The number of amides is 1. The maximum Gasteiger partial charge on any atom is 0.338 e. The van der Waals surface area contributed by atoms with Crippen LogP contribution in [0.5, 0.6) is 0 Å². The van der Waals surface area contributed by atoms with E-state index in [1.165, 1.54) is 52.0 Å². The molecule has 2 aliphatic heterocycles. The van der Waals surface area contributed by atoms with Crippen LogP contribution in [0.25, 0.3) is 0 Å². The van der Waals surface area contributed by atoms with Crippen LogP contribution < -0.4 is 5.32 Å². The van der Waals surface area contributed by atoms with Crippen molar-refractivity contribution in [3.63, 3.8) is 0 Å². The number of carbonyl (C=O) groups excluding carboxylic acids is 7. The number of esters is 5. The van der Waals surface area contributed by atoms with Crippen LogP contribution in [0.3, 0.4) is 0 Å². The van der Waals surface area contributed by atoms with Crippen molar-refractivity contribution >= 4 is 41.5 Å². The summed E-state index contributed by atoms with van der Waals surface area (Å²) in [6.07, 6.45) is -18.2. The standard InChI is InChI=1S/C54H61NO20/c1-27-34(72-49(66)41(61)39(30-16-10-7-11-17-30)55-47(64)31-18-12-8-13-19-31)23-54(67)46(74-48(65)32-20-14-9-15-21-32)44-52(6,45(63)43(71-28(2)56)38(27)51(54,4)5)35(22-36-53(44,26-70-36)75-29(3)57)73-37(59)25-69-50-42(62)40(60)33(58)24-68-50/h7-21,33-36,39-44,46,50,58,60-62,67H,22-26H2,1-6H3,(H,55,64)/t33-,34+,35+,36-,39+,40+,41-,42-,43-,44+,46+,50?,52-,53+,54-/m1/s1. The molecule has 1 amide bonds. The Bertz CT molecular complexity index is 2700. The van der Waals surface area contributed by atoms with Gasteiger partial charge in [-0.25, -0.2) is 14.4 Å². The zero-order chi connectivity index (χ0) is 54.4. The average molecular weight is 1040 g/mol. The second kappa shape index (κ2) is 21.3. The minimum absolute atomic E-state index is 0.0196. The van der Waals surface area contributed by atoms with Gasteiger partial charge in [0.1, 0.15) is 54.9 Å². The van der Waals surface area contributed by atoms with Crippen molar-refractivity contribution in [3.05, 3.63) is 119 Å². The Hall–Kier alpha value is -6.43. The van der Waals surface area contributed by atoms with Crippen LogP contribution in [0.4, 0.5) is 0 Å². The maximum absolute atomic E-state index is 16.2. The molecule has 21 nitrogen and oxygen atoms in total. The van der Waals surface area contributed by atoms with E-state index < -0.39 is 163 Å². The molecule has 4 fully saturated rings. The van der Waals surface area contributed by atoms with E-state index >= 15 is 4.79 Å². The molecule has 402 valence electrons. The van der Waals surface area contributed by atoms with Crippen LogP contribution in [0.2, 0.25) is 0 Å². The molecule has 15 atom stereocenters. The summed E-state index contributed by atoms with van der Waals surface area (Å²) in [6.45, 7) is 6.05. The summed E-state index contributed by atoms with van der Waals surface area (Å²) in [5.41, 5.74) is -8.16. The topological polar surface area (TPSA) is 307 Å².